The van der Waals surface area contributed by atoms with Gasteiger partial charge in [0.15, 0.2) is 15.8 Å². The van der Waals surface area contributed by atoms with E-state index in [0.717, 1.165) is 45.1 Å². The monoisotopic (exact) mass is 392 g/mol. The summed E-state index contributed by atoms with van der Waals surface area (Å²) in [6, 6.07) is 10.6. The topological polar surface area (TPSA) is 73.8 Å². The fourth-order valence-corrected chi connectivity index (χ4v) is 5.51. The number of nitrogens with one attached hydrogen (secondary N) is 2. The van der Waals surface area contributed by atoms with Gasteiger partial charge in [-0.3, -0.25) is 4.99 Å². The number of likely N-dealkylation sites (tertiary alicyclic amines) is 1. The second kappa shape index (κ2) is 9.55. The summed E-state index contributed by atoms with van der Waals surface area (Å²) in [7, 11) is -2.88. The molecule has 0 saturated carbocycles. The molecule has 1 aromatic rings. The minimum absolute atomic E-state index is 0.0150. The molecule has 2 saturated heterocycles. The van der Waals surface area contributed by atoms with Crippen molar-refractivity contribution >= 4 is 15.8 Å². The maximum absolute atomic E-state index is 11.6. The van der Waals surface area contributed by atoms with Crippen LogP contribution in [-0.4, -0.2) is 69.5 Å². The lowest BCUT2D eigenvalue weighted by atomic mass is 10.1. The van der Waals surface area contributed by atoms with E-state index in [-0.39, 0.29) is 17.5 Å². The van der Waals surface area contributed by atoms with Crippen molar-refractivity contribution in [3.63, 3.8) is 0 Å². The summed E-state index contributed by atoms with van der Waals surface area (Å²) >= 11 is 0. The van der Waals surface area contributed by atoms with Crippen LogP contribution in [0.3, 0.4) is 0 Å². The lowest BCUT2D eigenvalue weighted by molar-refractivity contribution is 0.329. The Balaban J connectivity index is 1.44. The number of hydrogen-bond donors (Lipinski definition) is 2. The number of sulfone groups is 1. The van der Waals surface area contributed by atoms with E-state index in [2.05, 4.69) is 45.9 Å². The van der Waals surface area contributed by atoms with Crippen molar-refractivity contribution in [1.82, 2.24) is 15.5 Å². The van der Waals surface area contributed by atoms with Gasteiger partial charge >= 0.3 is 0 Å². The van der Waals surface area contributed by atoms with E-state index in [1.54, 1.807) is 0 Å². The zero-order valence-electron chi connectivity index (χ0n) is 16.2. The number of nitrogens with zero attached hydrogens (tertiary/aromatic N) is 2. The van der Waals surface area contributed by atoms with Gasteiger partial charge in [-0.1, -0.05) is 30.3 Å². The molecule has 0 bridgehead atoms. The Bertz CT molecular complexity index is 721. The molecular weight excluding hydrogens is 360 g/mol. The van der Waals surface area contributed by atoms with Crippen molar-refractivity contribution in [3.8, 4) is 0 Å². The third-order valence-corrected chi connectivity index (χ3v) is 7.12. The number of aliphatic imine (C=N–C) groups is 1. The maximum atomic E-state index is 11.6. The van der Waals surface area contributed by atoms with Gasteiger partial charge in [0.1, 0.15) is 0 Å². The van der Waals surface area contributed by atoms with Crippen molar-refractivity contribution in [2.45, 2.75) is 32.2 Å². The van der Waals surface area contributed by atoms with Crippen LogP contribution in [0.15, 0.2) is 35.3 Å². The van der Waals surface area contributed by atoms with Crippen LogP contribution in [0.5, 0.6) is 0 Å². The van der Waals surface area contributed by atoms with Gasteiger partial charge in [-0.2, -0.15) is 0 Å². The molecule has 2 atom stereocenters. The Labute approximate surface area is 163 Å². The summed E-state index contributed by atoms with van der Waals surface area (Å²) in [5.74, 6) is 1.82. The molecule has 2 unspecified atom stereocenters. The molecule has 7 heteroatoms. The lowest BCUT2D eigenvalue weighted by Crippen LogP contribution is -2.44. The van der Waals surface area contributed by atoms with Crippen molar-refractivity contribution in [2.24, 2.45) is 10.9 Å². The van der Waals surface area contributed by atoms with E-state index in [1.165, 1.54) is 12.0 Å². The molecule has 3 rings (SSSR count). The van der Waals surface area contributed by atoms with E-state index in [4.69, 9.17) is 4.99 Å². The maximum Gasteiger partial charge on any atom is 0.191 e. The van der Waals surface area contributed by atoms with Crippen LogP contribution >= 0.6 is 0 Å². The first-order valence-electron chi connectivity index (χ1n) is 10.1. The standard InChI is InChI=1S/C20H32N4O2S/c1-2-21-20(23-19-10-13-27(25,26)16-19)22-14-18-9-12-24(15-18)11-8-17-6-4-3-5-7-17/h3-7,18-19H,2,8-16H2,1H3,(H2,21,22,23). The van der Waals surface area contributed by atoms with E-state index < -0.39 is 9.84 Å². The zero-order chi connectivity index (χ0) is 19.1. The SMILES string of the molecule is CCNC(=NCC1CCN(CCc2ccccc2)C1)NC1CCS(=O)(=O)C1. The van der Waals surface area contributed by atoms with Crippen LogP contribution in [-0.2, 0) is 16.3 Å². The second-order valence-corrected chi connectivity index (χ2v) is 9.88. The average molecular weight is 393 g/mol. The predicted octanol–water partition coefficient (Wildman–Crippen LogP) is 1.29. The first kappa shape index (κ1) is 20.1. The Kier molecular flexibility index (Phi) is 7.13. The summed E-state index contributed by atoms with van der Waals surface area (Å²) in [5, 5.41) is 6.55. The van der Waals surface area contributed by atoms with Gasteiger partial charge < -0.3 is 15.5 Å². The van der Waals surface area contributed by atoms with Crippen molar-refractivity contribution in [1.29, 1.82) is 0 Å². The van der Waals surface area contributed by atoms with Gasteiger partial charge in [-0.25, -0.2) is 8.42 Å². The molecule has 27 heavy (non-hydrogen) atoms. The predicted molar refractivity (Wildman–Crippen MR) is 111 cm³/mol. The molecule has 6 nitrogen and oxygen atoms in total. The van der Waals surface area contributed by atoms with E-state index in [0.29, 0.717) is 12.3 Å². The van der Waals surface area contributed by atoms with Crippen molar-refractivity contribution < 1.29 is 8.42 Å². The smallest absolute Gasteiger partial charge is 0.191 e. The Morgan fingerprint density at radius 1 is 1.26 bits per heavy atom. The number of hydrogen-bond acceptors (Lipinski definition) is 4. The van der Waals surface area contributed by atoms with Gasteiger partial charge in [0, 0.05) is 32.2 Å². The van der Waals surface area contributed by atoms with E-state index in [9.17, 15) is 8.42 Å². The summed E-state index contributed by atoms with van der Waals surface area (Å²) in [5.41, 5.74) is 1.39. The van der Waals surface area contributed by atoms with Gasteiger partial charge in [0.05, 0.1) is 11.5 Å². The average Bonchev–Trinajstić information content (AvgIpc) is 3.25. The molecule has 2 fully saturated rings. The van der Waals surface area contributed by atoms with Crippen LogP contribution in [0.4, 0.5) is 0 Å². The summed E-state index contributed by atoms with van der Waals surface area (Å²) in [6.45, 7) is 6.92. The first-order valence-corrected chi connectivity index (χ1v) is 11.9. The first-order chi connectivity index (χ1) is 13.0. The van der Waals surface area contributed by atoms with Crippen LogP contribution in [0.25, 0.3) is 0 Å². The number of benzene rings is 1. The molecule has 150 valence electrons. The molecular formula is C20H32N4O2S. The highest BCUT2D eigenvalue weighted by molar-refractivity contribution is 7.91. The highest BCUT2D eigenvalue weighted by Crippen LogP contribution is 2.17. The molecule has 0 spiro atoms. The molecule has 0 radical (unpaired) electrons. The molecule has 1 aromatic carbocycles. The van der Waals surface area contributed by atoms with Crippen molar-refractivity contribution in [3.05, 3.63) is 35.9 Å². The highest BCUT2D eigenvalue weighted by atomic mass is 32.2. The molecule has 0 aromatic heterocycles. The molecule has 2 heterocycles. The summed E-state index contributed by atoms with van der Waals surface area (Å²) < 4.78 is 23.3. The normalized spacial score (nSPS) is 25.6. The summed E-state index contributed by atoms with van der Waals surface area (Å²) in [4.78, 5) is 7.26. The molecule has 2 N–H and O–H groups in total. The Morgan fingerprint density at radius 2 is 2.07 bits per heavy atom. The molecule has 0 aliphatic carbocycles. The van der Waals surface area contributed by atoms with Crippen LogP contribution in [0.1, 0.15) is 25.3 Å². The Hall–Kier alpha value is -1.60. The van der Waals surface area contributed by atoms with Gasteiger partial charge in [-0.15, -0.1) is 0 Å². The Morgan fingerprint density at radius 3 is 2.78 bits per heavy atom. The van der Waals surface area contributed by atoms with Gasteiger partial charge in [-0.05, 0) is 44.2 Å². The minimum atomic E-state index is -2.88. The van der Waals surface area contributed by atoms with Gasteiger partial charge in [0.2, 0.25) is 0 Å². The third kappa shape index (κ3) is 6.50. The number of rotatable bonds is 7. The lowest BCUT2D eigenvalue weighted by Gasteiger charge is -2.17. The van der Waals surface area contributed by atoms with Crippen molar-refractivity contribution in [2.75, 3.05) is 44.2 Å². The number of guanidine groups is 1. The van der Waals surface area contributed by atoms with Crippen LogP contribution < -0.4 is 10.6 Å². The largest absolute Gasteiger partial charge is 0.357 e. The third-order valence-electron chi connectivity index (χ3n) is 5.35. The van der Waals surface area contributed by atoms with Gasteiger partial charge in [0.25, 0.3) is 0 Å². The zero-order valence-corrected chi connectivity index (χ0v) is 17.0. The van der Waals surface area contributed by atoms with Crippen LogP contribution in [0, 0.1) is 5.92 Å². The molecule has 0 amide bonds. The van der Waals surface area contributed by atoms with Crippen LogP contribution in [0.2, 0.25) is 0 Å². The molecule has 2 aliphatic heterocycles. The van der Waals surface area contributed by atoms with E-state index in [1.807, 2.05) is 6.92 Å². The quantitative estimate of drug-likeness (QED) is 0.540. The fourth-order valence-electron chi connectivity index (χ4n) is 3.84. The van der Waals surface area contributed by atoms with E-state index >= 15 is 0 Å². The highest BCUT2D eigenvalue weighted by Gasteiger charge is 2.28. The minimum Gasteiger partial charge on any atom is -0.357 e. The second-order valence-electron chi connectivity index (χ2n) is 7.65. The summed E-state index contributed by atoms with van der Waals surface area (Å²) in [6.07, 6.45) is 2.94. The molecule has 2 aliphatic rings. The fraction of sp³-hybridized carbons (Fsp3) is 0.650.